The van der Waals surface area contributed by atoms with Gasteiger partial charge in [-0.2, -0.15) is 0 Å². The first kappa shape index (κ1) is 10.5. The summed E-state index contributed by atoms with van der Waals surface area (Å²) in [6.45, 7) is 3.94. The van der Waals surface area contributed by atoms with Crippen LogP contribution < -0.4 is 5.73 Å². The van der Waals surface area contributed by atoms with Crippen LogP contribution in [0.15, 0.2) is 6.33 Å². The predicted molar refractivity (Wildman–Crippen MR) is 50.2 cm³/mol. The Bertz CT molecular complexity index is 332. The number of nitrogens with zero attached hydrogens (tertiary/aromatic N) is 3. The summed E-state index contributed by atoms with van der Waals surface area (Å²) in [5.74, 6) is -0.0859. The van der Waals surface area contributed by atoms with Crippen LogP contribution in [0.1, 0.15) is 13.8 Å². The van der Waals surface area contributed by atoms with Crippen molar-refractivity contribution in [1.29, 1.82) is 0 Å². The van der Waals surface area contributed by atoms with Crippen LogP contribution in [0.4, 0.5) is 5.95 Å². The summed E-state index contributed by atoms with van der Waals surface area (Å²) in [4.78, 5) is 15.1. The lowest BCUT2D eigenvalue weighted by molar-refractivity contribution is -0.151. The summed E-state index contributed by atoms with van der Waals surface area (Å²) in [6, 6.07) is 0. The van der Waals surface area contributed by atoms with Gasteiger partial charge in [0, 0.05) is 0 Å². The third-order valence-electron chi connectivity index (χ3n) is 1.85. The van der Waals surface area contributed by atoms with Gasteiger partial charge in [0.1, 0.15) is 6.33 Å². The Hall–Kier alpha value is -1.59. The molecule has 0 radical (unpaired) electrons. The van der Waals surface area contributed by atoms with Gasteiger partial charge in [-0.1, -0.05) is 0 Å². The van der Waals surface area contributed by atoms with Crippen molar-refractivity contribution in [2.24, 2.45) is 5.41 Å². The van der Waals surface area contributed by atoms with Crippen LogP contribution in [-0.2, 0) is 16.1 Å². The first-order valence-corrected chi connectivity index (χ1v) is 4.19. The number of carbonyl (C=O) groups is 1. The van der Waals surface area contributed by atoms with E-state index in [4.69, 9.17) is 5.73 Å². The summed E-state index contributed by atoms with van der Waals surface area (Å²) < 4.78 is 6.18. The maximum Gasteiger partial charge on any atom is 0.313 e. The SMILES string of the molecule is COC(=O)C(C)(C)Cn1cnc(N)n1. The lowest BCUT2D eigenvalue weighted by atomic mass is 9.94. The number of methoxy groups -OCH3 is 1. The van der Waals surface area contributed by atoms with Gasteiger partial charge in [0.15, 0.2) is 0 Å². The van der Waals surface area contributed by atoms with E-state index >= 15 is 0 Å². The molecule has 78 valence electrons. The molecular weight excluding hydrogens is 184 g/mol. The van der Waals surface area contributed by atoms with Crippen molar-refractivity contribution in [2.45, 2.75) is 20.4 Å². The van der Waals surface area contributed by atoms with Crippen molar-refractivity contribution in [1.82, 2.24) is 14.8 Å². The van der Waals surface area contributed by atoms with Crippen LogP contribution >= 0.6 is 0 Å². The molecule has 0 fully saturated rings. The minimum Gasteiger partial charge on any atom is -0.469 e. The number of anilines is 1. The van der Waals surface area contributed by atoms with Crippen molar-refractivity contribution in [2.75, 3.05) is 12.8 Å². The predicted octanol–water partition coefficient (Wildman–Crippen LogP) is 0.0595. The number of hydrogen-bond donors (Lipinski definition) is 1. The summed E-state index contributed by atoms with van der Waals surface area (Å²) in [5, 5.41) is 3.89. The molecule has 0 aromatic carbocycles. The molecule has 0 aliphatic carbocycles. The highest BCUT2D eigenvalue weighted by atomic mass is 16.5. The lowest BCUT2D eigenvalue weighted by Crippen LogP contribution is -2.30. The molecule has 6 heteroatoms. The summed E-state index contributed by atoms with van der Waals surface area (Å²) in [6.07, 6.45) is 1.49. The van der Waals surface area contributed by atoms with Crippen molar-refractivity contribution in [3.8, 4) is 0 Å². The average Bonchev–Trinajstić information content (AvgIpc) is 2.48. The third-order valence-corrected chi connectivity index (χ3v) is 1.85. The molecule has 0 aliphatic heterocycles. The molecule has 0 aliphatic rings. The van der Waals surface area contributed by atoms with E-state index in [-0.39, 0.29) is 11.9 Å². The van der Waals surface area contributed by atoms with Gasteiger partial charge in [-0.3, -0.25) is 4.79 Å². The molecule has 1 rings (SSSR count). The molecule has 1 heterocycles. The number of nitrogen functional groups attached to an aromatic ring is 1. The number of rotatable bonds is 3. The molecule has 2 N–H and O–H groups in total. The topological polar surface area (TPSA) is 83.0 Å². The fourth-order valence-electron chi connectivity index (χ4n) is 1.13. The van der Waals surface area contributed by atoms with E-state index in [2.05, 4.69) is 14.8 Å². The van der Waals surface area contributed by atoms with Gasteiger partial charge in [-0.25, -0.2) is 9.67 Å². The monoisotopic (exact) mass is 198 g/mol. The Morgan fingerprint density at radius 1 is 1.71 bits per heavy atom. The van der Waals surface area contributed by atoms with Crippen LogP contribution in [0.2, 0.25) is 0 Å². The molecule has 1 aromatic rings. The Kier molecular flexibility index (Phi) is 2.73. The zero-order chi connectivity index (χ0) is 10.8. The Morgan fingerprint density at radius 2 is 2.36 bits per heavy atom. The number of nitrogens with two attached hydrogens (primary N) is 1. The minimum atomic E-state index is -0.630. The van der Waals surface area contributed by atoms with E-state index < -0.39 is 5.41 Å². The second kappa shape index (κ2) is 3.65. The van der Waals surface area contributed by atoms with Crippen molar-refractivity contribution < 1.29 is 9.53 Å². The average molecular weight is 198 g/mol. The molecule has 0 saturated carbocycles. The second-order valence-corrected chi connectivity index (χ2v) is 3.68. The maximum absolute atomic E-state index is 11.3. The van der Waals surface area contributed by atoms with Crippen LogP contribution in [0.25, 0.3) is 0 Å². The zero-order valence-corrected chi connectivity index (χ0v) is 8.52. The molecular formula is C8H14N4O2. The standard InChI is InChI=1S/C8H14N4O2/c1-8(2,6(13)14-3)4-12-5-10-7(9)11-12/h5H,4H2,1-3H3,(H2,9,11). The number of ether oxygens (including phenoxy) is 1. The van der Waals surface area contributed by atoms with Crippen molar-refractivity contribution in [3.05, 3.63) is 6.33 Å². The minimum absolute atomic E-state index is 0.200. The largest absolute Gasteiger partial charge is 0.469 e. The second-order valence-electron chi connectivity index (χ2n) is 3.68. The first-order chi connectivity index (χ1) is 6.45. The third kappa shape index (κ3) is 2.21. The number of carbonyl (C=O) groups excluding carboxylic acids is 1. The number of esters is 1. The molecule has 0 spiro atoms. The van der Waals surface area contributed by atoms with E-state index in [9.17, 15) is 4.79 Å². The van der Waals surface area contributed by atoms with Crippen LogP contribution in [-0.4, -0.2) is 27.8 Å². The van der Waals surface area contributed by atoms with Gasteiger partial charge >= 0.3 is 5.97 Å². The van der Waals surface area contributed by atoms with E-state index in [0.29, 0.717) is 6.54 Å². The maximum atomic E-state index is 11.3. The Labute approximate surface area is 82.1 Å². The molecule has 6 nitrogen and oxygen atoms in total. The van der Waals surface area contributed by atoms with Crippen LogP contribution in [0.3, 0.4) is 0 Å². The molecule has 1 aromatic heterocycles. The highest BCUT2D eigenvalue weighted by Crippen LogP contribution is 2.19. The van der Waals surface area contributed by atoms with Gasteiger partial charge in [0.2, 0.25) is 5.95 Å². The molecule has 0 atom stereocenters. The van der Waals surface area contributed by atoms with E-state index in [1.807, 2.05) is 0 Å². The fourth-order valence-corrected chi connectivity index (χ4v) is 1.13. The molecule has 14 heavy (non-hydrogen) atoms. The normalized spacial score (nSPS) is 11.4. The Morgan fingerprint density at radius 3 is 2.79 bits per heavy atom. The fraction of sp³-hybridized carbons (Fsp3) is 0.625. The van der Waals surface area contributed by atoms with E-state index in [1.54, 1.807) is 13.8 Å². The van der Waals surface area contributed by atoms with Gasteiger partial charge in [-0.05, 0) is 13.8 Å². The zero-order valence-electron chi connectivity index (χ0n) is 8.52. The van der Waals surface area contributed by atoms with Gasteiger partial charge in [0.25, 0.3) is 0 Å². The van der Waals surface area contributed by atoms with Crippen molar-refractivity contribution in [3.63, 3.8) is 0 Å². The summed E-state index contributed by atoms with van der Waals surface area (Å²) in [7, 11) is 1.36. The van der Waals surface area contributed by atoms with Gasteiger partial charge in [-0.15, -0.1) is 5.10 Å². The smallest absolute Gasteiger partial charge is 0.313 e. The molecule has 0 amide bonds. The van der Waals surface area contributed by atoms with E-state index in [0.717, 1.165) is 0 Å². The molecule has 0 bridgehead atoms. The Balaban J connectivity index is 2.72. The van der Waals surface area contributed by atoms with Crippen molar-refractivity contribution >= 4 is 11.9 Å². The highest BCUT2D eigenvalue weighted by Gasteiger charge is 2.29. The number of hydrogen-bond acceptors (Lipinski definition) is 5. The molecule has 0 saturated heterocycles. The van der Waals surface area contributed by atoms with E-state index in [1.165, 1.54) is 18.1 Å². The highest BCUT2D eigenvalue weighted by molar-refractivity contribution is 5.75. The molecule has 0 unspecified atom stereocenters. The van der Waals surface area contributed by atoms with Crippen LogP contribution in [0.5, 0.6) is 0 Å². The van der Waals surface area contributed by atoms with Gasteiger partial charge < -0.3 is 10.5 Å². The first-order valence-electron chi connectivity index (χ1n) is 4.19. The summed E-state index contributed by atoms with van der Waals surface area (Å²) >= 11 is 0. The lowest BCUT2D eigenvalue weighted by Gasteiger charge is -2.20. The number of aromatic nitrogens is 3. The van der Waals surface area contributed by atoms with Crippen LogP contribution in [0, 0.1) is 5.41 Å². The quantitative estimate of drug-likeness (QED) is 0.694. The summed E-state index contributed by atoms with van der Waals surface area (Å²) in [5.41, 5.74) is 4.72. The van der Waals surface area contributed by atoms with Gasteiger partial charge in [0.05, 0.1) is 19.1 Å².